The predicted octanol–water partition coefficient (Wildman–Crippen LogP) is -0.517. The molecule has 2 atom stereocenters. The van der Waals surface area contributed by atoms with E-state index in [0.717, 1.165) is 0 Å². The summed E-state index contributed by atoms with van der Waals surface area (Å²) in [5.41, 5.74) is 11.4. The molecule has 8 nitrogen and oxygen atoms in total. The van der Waals surface area contributed by atoms with Crippen LogP contribution in [0.2, 0.25) is 6.04 Å². The highest BCUT2D eigenvalue weighted by atomic mass is 79.9. The molecule has 1 aliphatic rings. The van der Waals surface area contributed by atoms with Crippen LogP contribution in [0.5, 0.6) is 0 Å². The number of nitrogens with zero attached hydrogens (tertiary/aromatic N) is 3. The first-order valence-electron chi connectivity index (χ1n) is 6.57. The molecule has 2 amide bonds. The Labute approximate surface area is 137 Å². The molecule has 1 radical (unpaired) electrons. The number of nitrogen functional groups attached to an aromatic ring is 1. The molecule has 2 heterocycles. The first kappa shape index (κ1) is 16.7. The minimum absolute atomic E-state index is 0.139. The molecule has 1 aliphatic heterocycles. The summed E-state index contributed by atoms with van der Waals surface area (Å²) < 4.78 is 1.86. The number of rotatable bonds is 4. The van der Waals surface area contributed by atoms with E-state index >= 15 is 0 Å². The summed E-state index contributed by atoms with van der Waals surface area (Å²) in [6.45, 7) is 5.11. The zero-order chi connectivity index (χ0) is 16.6. The zero-order valence-corrected chi connectivity index (χ0v) is 14.6. The normalized spacial score (nSPS) is 20.1. The van der Waals surface area contributed by atoms with Crippen LogP contribution in [-0.4, -0.2) is 58.5 Å². The van der Waals surface area contributed by atoms with E-state index in [2.05, 4.69) is 27.6 Å². The third kappa shape index (κ3) is 2.81. The van der Waals surface area contributed by atoms with Gasteiger partial charge >= 0.3 is 0 Å². The lowest BCUT2D eigenvalue weighted by Crippen LogP contribution is -2.41. The van der Waals surface area contributed by atoms with Gasteiger partial charge in [-0.1, -0.05) is 6.58 Å². The van der Waals surface area contributed by atoms with Gasteiger partial charge < -0.3 is 21.5 Å². The van der Waals surface area contributed by atoms with Gasteiger partial charge in [0, 0.05) is 6.17 Å². The fraction of sp³-hybridized carbons (Fsp3) is 0.417. The predicted molar refractivity (Wildman–Crippen MR) is 86.2 cm³/mol. The van der Waals surface area contributed by atoms with Crippen molar-refractivity contribution >= 4 is 42.5 Å². The Morgan fingerprint density at radius 2 is 2.27 bits per heavy atom. The van der Waals surface area contributed by atoms with Gasteiger partial charge in [0.25, 0.3) is 5.91 Å². The molecule has 0 aromatic carbocycles. The van der Waals surface area contributed by atoms with E-state index in [-0.39, 0.29) is 27.9 Å². The van der Waals surface area contributed by atoms with Crippen LogP contribution >= 0.6 is 15.9 Å². The topological polar surface area (TPSA) is 127 Å². The minimum Gasteiger partial charge on any atom is -0.391 e. The van der Waals surface area contributed by atoms with Gasteiger partial charge in [0.2, 0.25) is 14.9 Å². The van der Waals surface area contributed by atoms with E-state index in [1.165, 1.54) is 6.08 Å². The molecular weight excluding hydrogens is 370 g/mol. The highest BCUT2D eigenvalue weighted by molar-refractivity contribution is 9.10. The maximum absolute atomic E-state index is 11.9. The van der Waals surface area contributed by atoms with Crippen LogP contribution in [0, 0.1) is 0 Å². The Balaban J connectivity index is 2.35. The summed E-state index contributed by atoms with van der Waals surface area (Å²) in [7, 11) is -1.41. The summed E-state index contributed by atoms with van der Waals surface area (Å²) in [5, 5.41) is 14.1. The van der Waals surface area contributed by atoms with Crippen LogP contribution in [-0.2, 0) is 4.79 Å². The van der Waals surface area contributed by atoms with Crippen molar-refractivity contribution in [3.8, 4) is 0 Å². The lowest BCUT2D eigenvalue weighted by molar-refractivity contribution is -0.128. The van der Waals surface area contributed by atoms with Crippen molar-refractivity contribution in [3.05, 3.63) is 22.8 Å². The van der Waals surface area contributed by atoms with Crippen LogP contribution in [0.15, 0.2) is 17.3 Å². The molecule has 1 unspecified atom stereocenters. The number of aliphatic hydroxyl groups excluding tert-OH is 1. The molecule has 119 valence electrons. The second kappa shape index (κ2) is 6.22. The summed E-state index contributed by atoms with van der Waals surface area (Å²) in [4.78, 5) is 24.9. The number of amides is 2. The van der Waals surface area contributed by atoms with E-state index < -0.39 is 21.0 Å². The van der Waals surface area contributed by atoms with Gasteiger partial charge in [-0.05, 0) is 35.0 Å². The molecule has 1 saturated heterocycles. The zero-order valence-electron chi connectivity index (χ0n) is 12.0. The molecule has 2 rings (SSSR count). The molecule has 5 N–H and O–H groups in total. The van der Waals surface area contributed by atoms with Gasteiger partial charge in [-0.3, -0.25) is 13.9 Å². The van der Waals surface area contributed by atoms with E-state index in [9.17, 15) is 14.7 Å². The van der Waals surface area contributed by atoms with Crippen molar-refractivity contribution in [2.75, 3.05) is 11.9 Å². The third-order valence-electron chi connectivity index (χ3n) is 3.64. The second-order valence-corrected chi connectivity index (χ2v) is 8.11. The molecule has 0 bridgehead atoms. The number of anilines is 1. The Bertz CT molecular complexity index is 633. The number of carbonyl (C=O) groups is 2. The fourth-order valence-electron chi connectivity index (χ4n) is 2.55. The Kier molecular flexibility index (Phi) is 4.73. The Morgan fingerprint density at radius 1 is 1.64 bits per heavy atom. The number of primary amides is 1. The van der Waals surface area contributed by atoms with Crippen molar-refractivity contribution in [2.45, 2.75) is 25.1 Å². The van der Waals surface area contributed by atoms with Gasteiger partial charge in [0.1, 0.15) is 16.0 Å². The molecule has 0 aliphatic carbocycles. The number of carbonyl (C=O) groups excluding carboxylic acids is 2. The second-order valence-electron chi connectivity index (χ2n) is 5.08. The van der Waals surface area contributed by atoms with Gasteiger partial charge in [-0.15, -0.1) is 0 Å². The van der Waals surface area contributed by atoms with Gasteiger partial charge in [0.15, 0.2) is 0 Å². The summed E-state index contributed by atoms with van der Waals surface area (Å²) in [5.74, 6) is -0.723. The molecule has 10 heteroatoms. The number of aromatic nitrogens is 2. The van der Waals surface area contributed by atoms with Crippen LogP contribution in [0.1, 0.15) is 17.3 Å². The Hall–Kier alpha value is -1.65. The van der Waals surface area contributed by atoms with Crippen LogP contribution < -0.4 is 11.5 Å². The molecule has 22 heavy (non-hydrogen) atoms. The molecular formula is C12H17BrN5O3Si. The van der Waals surface area contributed by atoms with E-state index in [1.54, 1.807) is 16.2 Å². The van der Waals surface area contributed by atoms with Gasteiger partial charge in [0.05, 0.1) is 12.1 Å². The van der Waals surface area contributed by atoms with E-state index in [1.807, 2.05) is 0 Å². The molecule has 0 spiro atoms. The maximum atomic E-state index is 11.9. The quantitative estimate of drug-likeness (QED) is 0.473. The fourth-order valence-corrected chi connectivity index (χ4v) is 6.21. The smallest absolute Gasteiger partial charge is 0.255 e. The molecule has 1 aromatic heterocycles. The standard InChI is InChI=1S/C12H17BrN5O3Si/c1-3-8(20)17-5-22(4-7(17)6(2)19)18-11(14)9(12(15)21)10(13)16-18/h3,6-7,19H,1,4-5,14H2,2H3,(H2,15,21)/t6?,7-/m1/s1. The number of nitrogens with two attached hydrogens (primary N) is 2. The summed E-state index contributed by atoms with van der Waals surface area (Å²) in [6, 6.07) is 0.247. The van der Waals surface area contributed by atoms with Gasteiger partial charge in [-0.25, -0.2) is 0 Å². The molecule has 1 fully saturated rings. The third-order valence-corrected chi connectivity index (χ3v) is 6.73. The lowest BCUT2D eigenvalue weighted by Gasteiger charge is -2.25. The first-order valence-corrected chi connectivity index (χ1v) is 9.23. The largest absolute Gasteiger partial charge is 0.391 e. The van der Waals surface area contributed by atoms with E-state index in [4.69, 9.17) is 11.5 Å². The van der Waals surface area contributed by atoms with Crippen molar-refractivity contribution in [3.63, 3.8) is 0 Å². The number of aliphatic hydroxyl groups is 1. The number of hydrogen-bond acceptors (Lipinski definition) is 5. The highest BCUT2D eigenvalue weighted by Crippen LogP contribution is 2.27. The van der Waals surface area contributed by atoms with Crippen molar-refractivity contribution < 1.29 is 14.7 Å². The maximum Gasteiger partial charge on any atom is 0.255 e. The minimum atomic E-state index is -1.41. The SMILES string of the molecule is C=CC(=O)N1C[Si](n2nc(Br)c(C(N)=O)c2N)C[C@@H]1C(C)O. The van der Waals surface area contributed by atoms with E-state index in [0.29, 0.717) is 12.2 Å². The lowest BCUT2D eigenvalue weighted by atomic mass is 10.2. The number of halogens is 1. The van der Waals surface area contributed by atoms with Crippen molar-refractivity contribution in [1.82, 2.24) is 14.3 Å². The highest BCUT2D eigenvalue weighted by Gasteiger charge is 2.41. The average molecular weight is 387 g/mol. The van der Waals surface area contributed by atoms with Crippen molar-refractivity contribution in [2.24, 2.45) is 5.73 Å². The Morgan fingerprint density at radius 3 is 2.73 bits per heavy atom. The van der Waals surface area contributed by atoms with Gasteiger partial charge in [-0.2, -0.15) is 5.10 Å². The molecule has 0 saturated carbocycles. The van der Waals surface area contributed by atoms with Crippen LogP contribution in [0.3, 0.4) is 0 Å². The average Bonchev–Trinajstić information content (AvgIpc) is 2.99. The van der Waals surface area contributed by atoms with Crippen LogP contribution in [0.4, 0.5) is 5.82 Å². The number of hydrogen-bond donors (Lipinski definition) is 3. The first-order chi connectivity index (χ1) is 10.3. The molecule has 1 aromatic rings. The van der Waals surface area contributed by atoms with Crippen LogP contribution in [0.25, 0.3) is 0 Å². The monoisotopic (exact) mass is 386 g/mol. The summed E-state index contributed by atoms with van der Waals surface area (Å²) >= 11 is 3.17. The summed E-state index contributed by atoms with van der Waals surface area (Å²) in [6.07, 6.45) is 0.959. The van der Waals surface area contributed by atoms with Crippen molar-refractivity contribution in [1.29, 1.82) is 0 Å².